The number of pyridine rings is 2. The number of hydrogen-bond donors (Lipinski definition) is 4. The molecule has 0 radical (unpaired) electrons. The van der Waals surface area contributed by atoms with Crippen LogP contribution in [0.25, 0.3) is 11.1 Å². The molecule has 5 rings (SSSR count). The Labute approximate surface area is 428 Å². The zero-order valence-electron chi connectivity index (χ0n) is 44.7. The standard InChI is InChI=1S/C60H82N2O10/c1-33(2)16-14-18-37(7)54(67)41(11)59(70)60(12,13)51(64)30-53(66)72-58-39(9)46(49-25-21-36(6)32-62-49)28-44(58)23-22-43-27-45(48-24-20-35(5)31-61-48)38(8)57(43)71-52(65)29-50(63)47-26-42(19-15-17-34(3)4)55(68)40(10)56(47)69/h20-26,31-32,37,40-44,50-51,54-55,57-58,63-64,67-68H,1,3,14-19,27-30H2,2,4-13H3/t37-,40+,41+,42+,43+,44?,50-,51-,54-,55+,57+,58+/m0/s1. The second-order valence-electron chi connectivity index (χ2n) is 22.1. The maximum absolute atomic E-state index is 13.9. The Kier molecular flexibility index (Phi) is 20.2. The number of hydrogen-bond acceptors (Lipinski definition) is 12. The van der Waals surface area contributed by atoms with Gasteiger partial charge in [-0.3, -0.25) is 29.1 Å². The number of aryl methyl sites for hydroxylation is 2. The van der Waals surface area contributed by atoms with Crippen molar-refractivity contribution in [1.29, 1.82) is 0 Å². The molecule has 3 aliphatic rings. The number of esters is 2. The van der Waals surface area contributed by atoms with E-state index < -0.39 is 84.4 Å². The third-order valence-electron chi connectivity index (χ3n) is 15.5. The first-order valence-corrected chi connectivity index (χ1v) is 26.0. The van der Waals surface area contributed by atoms with Crippen molar-refractivity contribution in [3.8, 4) is 0 Å². The first kappa shape index (κ1) is 57.8. The minimum Gasteiger partial charge on any atom is -0.457 e. The van der Waals surface area contributed by atoms with Crippen LogP contribution in [0, 0.1) is 54.8 Å². The molecule has 2 aromatic rings. The van der Waals surface area contributed by atoms with Gasteiger partial charge >= 0.3 is 11.9 Å². The summed E-state index contributed by atoms with van der Waals surface area (Å²) in [6.07, 6.45) is 7.56. The molecule has 0 bridgehead atoms. The summed E-state index contributed by atoms with van der Waals surface area (Å²) in [5, 5.41) is 45.1. The van der Waals surface area contributed by atoms with Gasteiger partial charge in [0.05, 0.1) is 54.1 Å². The highest BCUT2D eigenvalue weighted by atomic mass is 16.5. The Bertz CT molecular complexity index is 2430. The van der Waals surface area contributed by atoms with Gasteiger partial charge in [-0.2, -0.15) is 0 Å². The molecule has 2 heterocycles. The van der Waals surface area contributed by atoms with Gasteiger partial charge in [-0.15, -0.1) is 13.2 Å². The maximum atomic E-state index is 13.9. The van der Waals surface area contributed by atoms with Gasteiger partial charge in [0.25, 0.3) is 0 Å². The third kappa shape index (κ3) is 14.3. The van der Waals surface area contributed by atoms with E-state index in [4.69, 9.17) is 19.4 Å². The molecule has 392 valence electrons. The SMILES string of the molecule is C=C(C)CCC[C@H](C)[C@H](O)[C@@H](C)C(=O)C(C)(C)[C@@H](O)CC(=O)O[C@@H]1C(C)=C(c2ccc(C)cn2)CC1C=C[C@@H]1CC(c2ccc(C)cn2)=C(C)[C@H]1OC(=O)C[C@H](O)C1=C[C@@H](CCCC(=C)C)[C@H](O)[C@@H](C)C1=O. The van der Waals surface area contributed by atoms with E-state index in [1.165, 1.54) is 0 Å². The minimum atomic E-state index is -1.43. The van der Waals surface area contributed by atoms with E-state index in [0.717, 1.165) is 81.6 Å². The van der Waals surface area contributed by atoms with Crippen molar-refractivity contribution in [2.75, 3.05) is 0 Å². The Balaban J connectivity index is 1.37. The van der Waals surface area contributed by atoms with E-state index in [-0.39, 0.29) is 35.0 Å². The van der Waals surface area contributed by atoms with Gasteiger partial charge in [-0.1, -0.05) is 76.1 Å². The molecule has 3 aliphatic carbocycles. The summed E-state index contributed by atoms with van der Waals surface area (Å²) in [4.78, 5) is 64.5. The number of rotatable bonds is 24. The van der Waals surface area contributed by atoms with E-state index in [2.05, 4.69) is 13.2 Å². The van der Waals surface area contributed by atoms with Crippen LogP contribution in [0.4, 0.5) is 0 Å². The molecular weight excluding hydrogens is 909 g/mol. The number of Topliss-reactive ketones (excluding diaryl/α,β-unsaturated/α-hetero) is 2. The lowest BCUT2D eigenvalue weighted by atomic mass is 9.73. The number of aliphatic hydroxyl groups is 4. The molecule has 12 atom stereocenters. The average molecular weight is 991 g/mol. The molecule has 0 aromatic carbocycles. The first-order chi connectivity index (χ1) is 33.8. The molecule has 2 aromatic heterocycles. The van der Waals surface area contributed by atoms with Crippen molar-refractivity contribution in [2.45, 2.75) is 177 Å². The predicted molar refractivity (Wildman–Crippen MR) is 282 cm³/mol. The summed E-state index contributed by atoms with van der Waals surface area (Å²) < 4.78 is 12.5. The number of aliphatic hydroxyl groups excluding tert-OH is 4. The van der Waals surface area contributed by atoms with Crippen molar-refractivity contribution < 1.29 is 49.1 Å². The monoisotopic (exact) mass is 991 g/mol. The van der Waals surface area contributed by atoms with E-state index in [0.29, 0.717) is 25.7 Å². The predicted octanol–water partition coefficient (Wildman–Crippen LogP) is 10.1. The number of aromatic nitrogens is 2. The highest BCUT2D eigenvalue weighted by Crippen LogP contribution is 2.44. The zero-order chi connectivity index (χ0) is 53.4. The summed E-state index contributed by atoms with van der Waals surface area (Å²) >= 11 is 0. The normalized spacial score (nSPS) is 24.7. The van der Waals surface area contributed by atoms with Gasteiger partial charge in [0, 0.05) is 47.6 Å². The van der Waals surface area contributed by atoms with Crippen LogP contribution in [0.2, 0.25) is 0 Å². The first-order valence-electron chi connectivity index (χ1n) is 26.0. The minimum absolute atomic E-state index is 0.111. The van der Waals surface area contributed by atoms with Crippen LogP contribution >= 0.6 is 0 Å². The van der Waals surface area contributed by atoms with Gasteiger partial charge in [0.2, 0.25) is 0 Å². The molecule has 12 nitrogen and oxygen atoms in total. The smallest absolute Gasteiger partial charge is 0.309 e. The van der Waals surface area contributed by atoms with E-state index >= 15 is 0 Å². The third-order valence-corrected chi connectivity index (χ3v) is 15.5. The van der Waals surface area contributed by atoms with Crippen molar-refractivity contribution in [2.24, 2.45) is 40.9 Å². The summed E-state index contributed by atoms with van der Waals surface area (Å²) in [5.41, 5.74) is 7.70. The van der Waals surface area contributed by atoms with E-state index in [9.17, 15) is 39.6 Å². The molecular formula is C60H82N2O10. The van der Waals surface area contributed by atoms with Crippen LogP contribution in [-0.2, 0) is 28.7 Å². The largest absolute Gasteiger partial charge is 0.457 e. The van der Waals surface area contributed by atoms with Gasteiger partial charge < -0.3 is 29.9 Å². The molecule has 4 N–H and O–H groups in total. The summed E-state index contributed by atoms with van der Waals surface area (Å²) in [7, 11) is 0. The second-order valence-corrected chi connectivity index (χ2v) is 22.1. The summed E-state index contributed by atoms with van der Waals surface area (Å²) in [5.74, 6) is -4.91. The van der Waals surface area contributed by atoms with Crippen LogP contribution in [-0.4, -0.2) is 90.5 Å². The Morgan fingerprint density at radius 1 is 0.792 bits per heavy atom. The highest BCUT2D eigenvalue weighted by molar-refractivity contribution is 5.99. The number of allylic oxidation sites excluding steroid dienone is 4. The van der Waals surface area contributed by atoms with Gasteiger partial charge in [-0.05, 0) is 144 Å². The van der Waals surface area contributed by atoms with Gasteiger partial charge in [0.1, 0.15) is 18.0 Å². The van der Waals surface area contributed by atoms with Gasteiger partial charge in [0.15, 0.2) is 5.78 Å². The summed E-state index contributed by atoms with van der Waals surface area (Å²) in [6, 6.07) is 7.82. The quantitative estimate of drug-likeness (QED) is 0.0575. The van der Waals surface area contributed by atoms with Gasteiger partial charge in [-0.25, -0.2) is 0 Å². The van der Waals surface area contributed by atoms with Crippen molar-refractivity contribution in [1.82, 2.24) is 9.97 Å². The van der Waals surface area contributed by atoms with Crippen molar-refractivity contribution >= 4 is 34.7 Å². The topological polar surface area (TPSA) is 193 Å². The number of nitrogens with zero attached hydrogens (tertiary/aromatic N) is 2. The van der Waals surface area contributed by atoms with Crippen molar-refractivity contribution in [3.63, 3.8) is 0 Å². The zero-order valence-corrected chi connectivity index (χ0v) is 44.7. The number of carbonyl (C=O) groups excluding carboxylic acids is 4. The molecule has 12 heteroatoms. The van der Waals surface area contributed by atoms with E-state index in [1.54, 1.807) is 46.2 Å². The van der Waals surface area contributed by atoms with Crippen molar-refractivity contribution in [3.05, 3.63) is 118 Å². The number of ketones is 2. The fraction of sp³-hybridized carbons (Fsp3) is 0.567. The Hall–Kier alpha value is -5.14. The van der Waals surface area contributed by atoms with Crippen LogP contribution in [0.1, 0.15) is 149 Å². The molecule has 1 unspecified atom stereocenters. The second kappa shape index (κ2) is 25.2. The van der Waals surface area contributed by atoms with Crippen LogP contribution in [0.15, 0.2) is 95.9 Å². The molecule has 0 saturated carbocycles. The number of ether oxygens (including phenoxy) is 2. The highest BCUT2D eigenvalue weighted by Gasteiger charge is 2.44. The Morgan fingerprint density at radius 3 is 1.75 bits per heavy atom. The molecule has 72 heavy (non-hydrogen) atoms. The Morgan fingerprint density at radius 2 is 1.28 bits per heavy atom. The fourth-order valence-electron chi connectivity index (χ4n) is 10.6. The van der Waals surface area contributed by atoms with E-state index in [1.807, 2.05) is 84.9 Å². The van der Waals surface area contributed by atoms with Crippen LogP contribution in [0.5, 0.6) is 0 Å². The molecule has 0 saturated heterocycles. The lowest BCUT2D eigenvalue weighted by Crippen LogP contribution is -2.45. The van der Waals surface area contributed by atoms with Crippen LogP contribution in [0.3, 0.4) is 0 Å². The maximum Gasteiger partial charge on any atom is 0.309 e. The number of carbonyl (C=O) groups is 4. The fourth-order valence-corrected chi connectivity index (χ4v) is 10.6. The molecule has 0 aliphatic heterocycles. The molecule has 0 spiro atoms. The van der Waals surface area contributed by atoms with Crippen LogP contribution < -0.4 is 0 Å². The average Bonchev–Trinajstić information content (AvgIpc) is 3.80. The lowest BCUT2D eigenvalue weighted by Gasteiger charge is -2.34. The summed E-state index contributed by atoms with van der Waals surface area (Å²) in [6.45, 7) is 28.0. The lowest BCUT2D eigenvalue weighted by molar-refractivity contribution is -0.155. The molecule has 0 fully saturated rings. The molecule has 0 amide bonds.